The van der Waals surface area contributed by atoms with Gasteiger partial charge in [0.05, 0.1) is 23.5 Å². The average molecular weight is 300 g/mol. The molecule has 3 N–H and O–H groups in total. The molecule has 0 saturated carbocycles. The predicted octanol–water partition coefficient (Wildman–Crippen LogP) is 3.85. The molecule has 106 valence electrons. The van der Waals surface area contributed by atoms with E-state index in [4.69, 9.17) is 22.2 Å². The molecule has 3 aromatic rings. The number of ether oxygens (including phenoxy) is 1. The van der Waals surface area contributed by atoms with Crippen molar-refractivity contribution < 1.29 is 4.74 Å². The van der Waals surface area contributed by atoms with E-state index < -0.39 is 0 Å². The van der Waals surface area contributed by atoms with Gasteiger partial charge in [0.1, 0.15) is 11.3 Å². The normalized spacial score (nSPS) is 10.6. The fraction of sp³-hybridized carbons (Fsp3) is 0.0625. The average Bonchev–Trinajstić information content (AvgIpc) is 2.55. The first-order valence-corrected chi connectivity index (χ1v) is 6.81. The summed E-state index contributed by atoms with van der Waals surface area (Å²) < 4.78 is 5.38. The highest BCUT2D eigenvalue weighted by molar-refractivity contribution is 6.36. The van der Waals surface area contributed by atoms with E-state index in [1.165, 1.54) is 0 Å². The number of halogens is 1. The molecule has 0 aliphatic heterocycles. The molecule has 5 heteroatoms. The number of nitrogens with one attached hydrogen (secondary N) is 1. The van der Waals surface area contributed by atoms with Crippen LogP contribution in [0.1, 0.15) is 0 Å². The van der Waals surface area contributed by atoms with Crippen LogP contribution in [0.3, 0.4) is 0 Å². The number of rotatable bonds is 3. The molecule has 0 bridgehead atoms. The molecule has 1 aromatic heterocycles. The van der Waals surface area contributed by atoms with Crippen LogP contribution in [0.4, 0.5) is 5.69 Å². The van der Waals surface area contributed by atoms with Crippen molar-refractivity contribution in [2.75, 3.05) is 12.5 Å². The summed E-state index contributed by atoms with van der Waals surface area (Å²) in [5, 5.41) is 1.32. The van der Waals surface area contributed by atoms with Crippen LogP contribution in [0, 0.1) is 0 Å². The van der Waals surface area contributed by atoms with Gasteiger partial charge in [-0.15, -0.1) is 0 Å². The summed E-state index contributed by atoms with van der Waals surface area (Å²) in [4.78, 5) is 4.68. The van der Waals surface area contributed by atoms with E-state index in [9.17, 15) is 0 Å². The van der Waals surface area contributed by atoms with E-state index in [1.54, 1.807) is 19.2 Å². The van der Waals surface area contributed by atoms with Crippen LogP contribution >= 0.6 is 11.6 Å². The van der Waals surface area contributed by atoms with Gasteiger partial charge in [0, 0.05) is 10.9 Å². The Morgan fingerprint density at radius 3 is 2.57 bits per heavy atom. The fourth-order valence-electron chi connectivity index (χ4n) is 2.31. The molecule has 4 nitrogen and oxygen atoms in total. The quantitative estimate of drug-likeness (QED) is 0.570. The van der Waals surface area contributed by atoms with E-state index in [0.29, 0.717) is 22.0 Å². The molecule has 0 atom stereocenters. The number of benzene rings is 2. The highest BCUT2D eigenvalue weighted by Gasteiger charge is 2.13. The number of anilines is 1. The Kier molecular flexibility index (Phi) is 3.64. The first kappa shape index (κ1) is 13.7. The highest BCUT2D eigenvalue weighted by Crippen LogP contribution is 2.37. The van der Waals surface area contributed by atoms with Crippen molar-refractivity contribution in [1.82, 2.24) is 4.98 Å². The van der Waals surface area contributed by atoms with Crippen LogP contribution in [-0.2, 0) is 0 Å². The lowest BCUT2D eigenvalue weighted by Crippen LogP contribution is -2.08. The Bertz CT molecular complexity index is 790. The molecule has 0 aliphatic rings. The van der Waals surface area contributed by atoms with Crippen molar-refractivity contribution in [2.24, 2.45) is 5.84 Å². The van der Waals surface area contributed by atoms with Crippen molar-refractivity contribution in [3.8, 4) is 17.0 Å². The number of fused-ring (bicyclic) bond motifs is 1. The molecule has 0 amide bonds. The third-order valence-electron chi connectivity index (χ3n) is 3.32. The Balaban J connectivity index is 2.35. The van der Waals surface area contributed by atoms with E-state index in [-0.39, 0.29) is 0 Å². The van der Waals surface area contributed by atoms with Crippen LogP contribution in [-0.4, -0.2) is 12.1 Å². The fourth-order valence-corrected chi connectivity index (χ4v) is 2.57. The zero-order valence-electron chi connectivity index (χ0n) is 11.4. The number of hydrazine groups is 1. The third-order valence-corrected chi connectivity index (χ3v) is 3.63. The first-order valence-electron chi connectivity index (χ1n) is 6.44. The highest BCUT2D eigenvalue weighted by atomic mass is 35.5. The summed E-state index contributed by atoms with van der Waals surface area (Å²) in [6.45, 7) is 0. The van der Waals surface area contributed by atoms with E-state index in [0.717, 1.165) is 16.6 Å². The number of hydrogen-bond donors (Lipinski definition) is 2. The number of hydrogen-bond acceptors (Lipinski definition) is 4. The molecule has 0 radical (unpaired) electrons. The molecule has 3 rings (SSSR count). The van der Waals surface area contributed by atoms with Gasteiger partial charge in [-0.05, 0) is 18.2 Å². The minimum absolute atomic E-state index is 0.575. The summed E-state index contributed by atoms with van der Waals surface area (Å²) >= 11 is 6.28. The zero-order chi connectivity index (χ0) is 14.8. The maximum absolute atomic E-state index is 6.28. The van der Waals surface area contributed by atoms with Gasteiger partial charge in [0.25, 0.3) is 0 Å². The standard InChI is InChI=1S/C16H14ClN3O/c1-21-14-8-7-11(17)15-13(20-18)9-12(19-16(14)15)10-5-3-2-4-6-10/h2-9H,18H2,1H3,(H,19,20). The molecule has 0 saturated heterocycles. The summed E-state index contributed by atoms with van der Waals surface area (Å²) in [6.07, 6.45) is 0. The second-order valence-electron chi connectivity index (χ2n) is 4.54. The maximum atomic E-state index is 6.28. The lowest BCUT2D eigenvalue weighted by atomic mass is 10.1. The molecule has 2 aromatic carbocycles. The molecule has 21 heavy (non-hydrogen) atoms. The molecule has 1 heterocycles. The number of nitrogens with two attached hydrogens (primary N) is 1. The van der Waals surface area contributed by atoms with Gasteiger partial charge in [-0.3, -0.25) is 5.84 Å². The lowest BCUT2D eigenvalue weighted by molar-refractivity contribution is 0.419. The predicted molar refractivity (Wildman–Crippen MR) is 86.6 cm³/mol. The van der Waals surface area contributed by atoms with Gasteiger partial charge in [-0.2, -0.15) is 0 Å². The minimum atomic E-state index is 0.575. The lowest BCUT2D eigenvalue weighted by Gasteiger charge is -2.13. The van der Waals surface area contributed by atoms with E-state index in [1.807, 2.05) is 36.4 Å². The number of nitrogens with zero attached hydrogens (tertiary/aromatic N) is 1. The largest absolute Gasteiger partial charge is 0.494 e. The summed E-state index contributed by atoms with van der Waals surface area (Å²) in [5.74, 6) is 6.30. The number of pyridine rings is 1. The van der Waals surface area contributed by atoms with Gasteiger partial charge in [0.15, 0.2) is 0 Å². The minimum Gasteiger partial charge on any atom is -0.494 e. The zero-order valence-corrected chi connectivity index (χ0v) is 12.2. The number of aromatic nitrogens is 1. The first-order chi connectivity index (χ1) is 10.2. The van der Waals surface area contributed by atoms with Crippen LogP contribution in [0.2, 0.25) is 5.02 Å². The van der Waals surface area contributed by atoms with Crippen molar-refractivity contribution in [1.29, 1.82) is 0 Å². The Morgan fingerprint density at radius 2 is 1.90 bits per heavy atom. The van der Waals surface area contributed by atoms with Gasteiger partial charge in [0.2, 0.25) is 0 Å². The summed E-state index contributed by atoms with van der Waals surface area (Å²) in [6, 6.07) is 15.3. The van der Waals surface area contributed by atoms with Crippen molar-refractivity contribution >= 4 is 28.2 Å². The Hall–Kier alpha value is -2.30. The third kappa shape index (κ3) is 2.39. The molecular weight excluding hydrogens is 286 g/mol. The smallest absolute Gasteiger partial charge is 0.145 e. The van der Waals surface area contributed by atoms with Crippen molar-refractivity contribution in [3.63, 3.8) is 0 Å². The number of methoxy groups -OCH3 is 1. The topological polar surface area (TPSA) is 60.2 Å². The van der Waals surface area contributed by atoms with Crippen LogP contribution in [0.25, 0.3) is 22.2 Å². The molecule has 0 fully saturated rings. The second-order valence-corrected chi connectivity index (χ2v) is 4.95. The second kappa shape index (κ2) is 5.60. The van der Waals surface area contributed by atoms with Gasteiger partial charge in [-0.25, -0.2) is 4.98 Å². The monoisotopic (exact) mass is 299 g/mol. The summed E-state index contributed by atoms with van der Waals surface area (Å²) in [5.41, 5.74) is 5.88. The van der Waals surface area contributed by atoms with E-state index in [2.05, 4.69) is 10.4 Å². The van der Waals surface area contributed by atoms with Gasteiger partial charge in [-0.1, -0.05) is 41.9 Å². The summed E-state index contributed by atoms with van der Waals surface area (Å²) in [7, 11) is 1.61. The SMILES string of the molecule is COc1ccc(Cl)c2c(NN)cc(-c3ccccc3)nc12. The van der Waals surface area contributed by atoms with Crippen LogP contribution in [0.5, 0.6) is 5.75 Å². The molecule has 0 unspecified atom stereocenters. The molecule has 0 aliphatic carbocycles. The van der Waals surface area contributed by atoms with Crippen molar-refractivity contribution in [3.05, 3.63) is 53.6 Å². The van der Waals surface area contributed by atoms with Gasteiger partial charge < -0.3 is 10.2 Å². The maximum Gasteiger partial charge on any atom is 0.145 e. The van der Waals surface area contributed by atoms with Gasteiger partial charge >= 0.3 is 0 Å². The Labute approximate surface area is 127 Å². The Morgan fingerprint density at radius 1 is 1.14 bits per heavy atom. The van der Waals surface area contributed by atoms with Crippen LogP contribution < -0.4 is 16.0 Å². The number of nitrogen functional groups attached to an aromatic ring is 1. The van der Waals surface area contributed by atoms with Crippen LogP contribution in [0.15, 0.2) is 48.5 Å². The van der Waals surface area contributed by atoms with E-state index >= 15 is 0 Å². The molecule has 0 spiro atoms. The van der Waals surface area contributed by atoms with Crippen molar-refractivity contribution in [2.45, 2.75) is 0 Å². The molecular formula is C16H14ClN3O.